The molecule has 0 bridgehead atoms. The molecule has 3 rings (SSSR count). The molecule has 0 saturated carbocycles. The van der Waals surface area contributed by atoms with Gasteiger partial charge in [0.15, 0.2) is 0 Å². The summed E-state index contributed by atoms with van der Waals surface area (Å²) >= 11 is 0. The molecule has 1 aromatic carbocycles. The van der Waals surface area contributed by atoms with Gasteiger partial charge < -0.3 is 15.4 Å². The third-order valence-electron chi connectivity index (χ3n) is 4.35. The predicted octanol–water partition coefficient (Wildman–Crippen LogP) is 2.71. The zero-order chi connectivity index (χ0) is 17.6. The van der Waals surface area contributed by atoms with Gasteiger partial charge in [0.05, 0.1) is 12.6 Å². The minimum atomic E-state index is -0.188. The number of ether oxygens (including phenoxy) is 1. The van der Waals surface area contributed by atoms with Crippen LogP contribution in [0.1, 0.15) is 49.2 Å². The summed E-state index contributed by atoms with van der Waals surface area (Å²) in [5, 5.41) is 10.1. The zero-order valence-electron chi connectivity index (χ0n) is 14.8. The second-order valence-corrected chi connectivity index (χ2v) is 6.30. The first kappa shape index (κ1) is 17.3. The Kier molecular flexibility index (Phi) is 5.53. The van der Waals surface area contributed by atoms with Crippen LogP contribution in [0.15, 0.2) is 24.5 Å². The molecule has 2 N–H and O–H groups in total. The highest BCUT2D eigenvalue weighted by Gasteiger charge is 2.23. The van der Waals surface area contributed by atoms with E-state index >= 15 is 0 Å². The Morgan fingerprint density at radius 2 is 2.32 bits per heavy atom. The van der Waals surface area contributed by atoms with Crippen LogP contribution in [0.2, 0.25) is 0 Å². The third-order valence-corrected chi connectivity index (χ3v) is 4.35. The molecule has 0 saturated heterocycles. The number of fused-ring (bicyclic) bond motifs is 1. The first-order valence-corrected chi connectivity index (χ1v) is 8.81. The monoisotopic (exact) mass is 343 g/mol. The molecule has 2 aromatic rings. The molecule has 0 radical (unpaired) electrons. The Morgan fingerprint density at radius 3 is 3.12 bits per heavy atom. The minimum Gasteiger partial charge on any atom is -0.494 e. The highest BCUT2D eigenvalue weighted by atomic mass is 16.5. The lowest BCUT2D eigenvalue weighted by Crippen LogP contribution is -2.40. The van der Waals surface area contributed by atoms with Crippen molar-refractivity contribution in [2.75, 3.05) is 6.61 Å². The van der Waals surface area contributed by atoms with Crippen molar-refractivity contribution in [1.29, 1.82) is 0 Å². The molecular formula is C18H25N5O2. The third kappa shape index (κ3) is 4.29. The van der Waals surface area contributed by atoms with E-state index in [1.54, 1.807) is 6.33 Å². The maximum atomic E-state index is 12.2. The smallest absolute Gasteiger partial charge is 0.315 e. The van der Waals surface area contributed by atoms with Crippen molar-refractivity contribution >= 4 is 6.03 Å². The van der Waals surface area contributed by atoms with Crippen molar-refractivity contribution in [3.05, 3.63) is 41.5 Å². The van der Waals surface area contributed by atoms with Crippen LogP contribution in [0.25, 0.3) is 0 Å². The van der Waals surface area contributed by atoms with E-state index in [4.69, 9.17) is 4.74 Å². The Balaban J connectivity index is 1.53. The fourth-order valence-electron chi connectivity index (χ4n) is 2.99. The van der Waals surface area contributed by atoms with Gasteiger partial charge in [0, 0.05) is 13.1 Å². The molecule has 0 unspecified atom stereocenters. The van der Waals surface area contributed by atoms with Gasteiger partial charge in [-0.1, -0.05) is 13.0 Å². The van der Waals surface area contributed by atoms with Gasteiger partial charge in [-0.15, -0.1) is 0 Å². The first-order chi connectivity index (χ1) is 12.2. The number of urea groups is 1. The number of aryl methyl sites for hydroxylation is 2. The molecule has 0 aliphatic carbocycles. The summed E-state index contributed by atoms with van der Waals surface area (Å²) in [6.45, 7) is 6.16. The highest BCUT2D eigenvalue weighted by molar-refractivity contribution is 5.74. The average Bonchev–Trinajstić information content (AvgIpc) is 3.09. The molecular weight excluding hydrogens is 318 g/mol. The maximum absolute atomic E-state index is 12.2. The van der Waals surface area contributed by atoms with Crippen LogP contribution in [0, 0.1) is 6.92 Å². The van der Waals surface area contributed by atoms with Crippen molar-refractivity contribution in [3.63, 3.8) is 0 Å². The van der Waals surface area contributed by atoms with Crippen LogP contribution in [0.3, 0.4) is 0 Å². The Morgan fingerprint density at radius 1 is 1.44 bits per heavy atom. The molecule has 0 fully saturated rings. The number of nitrogens with zero attached hydrogens (tertiary/aromatic N) is 3. The number of nitrogens with one attached hydrogen (secondary N) is 2. The fraction of sp³-hybridized carbons (Fsp3) is 0.500. The molecule has 7 nitrogen and oxygen atoms in total. The van der Waals surface area contributed by atoms with Gasteiger partial charge in [0.2, 0.25) is 0 Å². The number of carbonyl (C=O) groups excluding carboxylic acids is 1. The molecule has 2 heterocycles. The topological polar surface area (TPSA) is 81.1 Å². The molecule has 25 heavy (non-hydrogen) atoms. The molecule has 1 aromatic heterocycles. The molecule has 0 spiro atoms. The van der Waals surface area contributed by atoms with E-state index in [1.807, 2.05) is 29.8 Å². The van der Waals surface area contributed by atoms with Gasteiger partial charge in [0.1, 0.15) is 17.9 Å². The second kappa shape index (κ2) is 8.00. The van der Waals surface area contributed by atoms with Crippen LogP contribution in [-0.2, 0) is 13.1 Å². The quantitative estimate of drug-likeness (QED) is 0.845. The van der Waals surface area contributed by atoms with E-state index in [9.17, 15) is 4.79 Å². The summed E-state index contributed by atoms with van der Waals surface area (Å²) in [5.41, 5.74) is 2.18. The van der Waals surface area contributed by atoms with E-state index in [-0.39, 0.29) is 12.1 Å². The molecule has 1 atom stereocenters. The lowest BCUT2D eigenvalue weighted by Gasteiger charge is -2.23. The Hall–Kier alpha value is -2.57. The first-order valence-electron chi connectivity index (χ1n) is 8.81. The summed E-state index contributed by atoms with van der Waals surface area (Å²) in [4.78, 5) is 16.5. The number of hydrogen-bond acceptors (Lipinski definition) is 4. The lowest BCUT2D eigenvalue weighted by molar-refractivity contribution is 0.232. The minimum absolute atomic E-state index is 0.0813. The number of carbonyl (C=O) groups is 1. The van der Waals surface area contributed by atoms with Crippen molar-refractivity contribution in [2.24, 2.45) is 0 Å². The van der Waals surface area contributed by atoms with E-state index in [2.05, 4.69) is 27.6 Å². The summed E-state index contributed by atoms with van der Waals surface area (Å²) in [6, 6.07) is 5.68. The van der Waals surface area contributed by atoms with Crippen molar-refractivity contribution in [2.45, 2.75) is 52.2 Å². The number of rotatable bonds is 6. The lowest BCUT2D eigenvalue weighted by atomic mass is 10.1. The largest absolute Gasteiger partial charge is 0.494 e. The Bertz CT molecular complexity index is 728. The molecule has 134 valence electrons. The Labute approximate surface area is 147 Å². The number of aromatic nitrogens is 3. The summed E-state index contributed by atoms with van der Waals surface area (Å²) in [5.74, 6) is 1.70. The van der Waals surface area contributed by atoms with E-state index < -0.39 is 0 Å². The van der Waals surface area contributed by atoms with E-state index in [0.717, 1.165) is 48.5 Å². The average molecular weight is 343 g/mol. The summed E-state index contributed by atoms with van der Waals surface area (Å²) < 4.78 is 7.48. The highest BCUT2D eigenvalue weighted by Crippen LogP contribution is 2.22. The normalized spacial score (nSPS) is 16.2. The van der Waals surface area contributed by atoms with Crippen LogP contribution in [0.4, 0.5) is 4.79 Å². The fourth-order valence-corrected chi connectivity index (χ4v) is 2.99. The van der Waals surface area contributed by atoms with E-state index in [1.165, 1.54) is 0 Å². The predicted molar refractivity (Wildman–Crippen MR) is 94.3 cm³/mol. The molecule has 1 aliphatic heterocycles. The van der Waals surface area contributed by atoms with Gasteiger partial charge in [-0.3, -0.25) is 0 Å². The van der Waals surface area contributed by atoms with Gasteiger partial charge in [-0.2, -0.15) is 5.10 Å². The van der Waals surface area contributed by atoms with Crippen molar-refractivity contribution in [3.8, 4) is 5.75 Å². The standard InChI is InChI=1S/C18H25N5O2/c1-3-9-25-15-7-6-14(13(2)10-15)11-19-18(24)22-16-5-4-8-23-17(16)20-12-21-23/h6-7,10,12,16H,3-5,8-9,11H2,1-2H3,(H2,19,22,24)/t16-/m1/s1. The van der Waals surface area contributed by atoms with Gasteiger partial charge in [0.25, 0.3) is 0 Å². The van der Waals surface area contributed by atoms with Crippen LogP contribution in [-0.4, -0.2) is 27.4 Å². The summed E-state index contributed by atoms with van der Waals surface area (Å²) in [6.07, 6.45) is 4.39. The number of amides is 2. The van der Waals surface area contributed by atoms with Gasteiger partial charge >= 0.3 is 6.03 Å². The van der Waals surface area contributed by atoms with Gasteiger partial charge in [-0.05, 0) is 49.4 Å². The summed E-state index contributed by atoms with van der Waals surface area (Å²) in [7, 11) is 0. The SMILES string of the molecule is CCCOc1ccc(CNC(=O)N[C@@H]2CCCn3ncnc32)c(C)c1. The molecule has 1 aliphatic rings. The van der Waals surface area contributed by atoms with E-state index in [0.29, 0.717) is 13.2 Å². The van der Waals surface area contributed by atoms with Crippen LogP contribution >= 0.6 is 0 Å². The number of benzene rings is 1. The molecule has 2 amide bonds. The maximum Gasteiger partial charge on any atom is 0.315 e. The second-order valence-electron chi connectivity index (χ2n) is 6.30. The van der Waals surface area contributed by atoms with Crippen LogP contribution in [0.5, 0.6) is 5.75 Å². The van der Waals surface area contributed by atoms with Crippen molar-refractivity contribution < 1.29 is 9.53 Å². The van der Waals surface area contributed by atoms with Crippen LogP contribution < -0.4 is 15.4 Å². The molecule has 7 heteroatoms. The van der Waals surface area contributed by atoms with Crippen molar-refractivity contribution in [1.82, 2.24) is 25.4 Å². The zero-order valence-corrected chi connectivity index (χ0v) is 14.8. The number of hydrogen-bond donors (Lipinski definition) is 2. The van der Waals surface area contributed by atoms with Gasteiger partial charge in [-0.25, -0.2) is 14.5 Å².